The molecule has 0 unspecified atom stereocenters. The summed E-state index contributed by atoms with van der Waals surface area (Å²) >= 11 is 9.73. The lowest BCUT2D eigenvalue weighted by Crippen LogP contribution is -2.20. The SMILES string of the molecule is COc1cc(CNCCOCCO)cc(Br)c1OCc1ccccc1Cl.Cl. The number of benzene rings is 2. The Labute approximate surface area is 179 Å². The van der Waals surface area contributed by atoms with Gasteiger partial charge in [-0.1, -0.05) is 29.8 Å². The second-order valence-corrected chi connectivity index (χ2v) is 6.76. The van der Waals surface area contributed by atoms with Crippen LogP contribution in [0, 0.1) is 0 Å². The van der Waals surface area contributed by atoms with Gasteiger partial charge in [0.2, 0.25) is 0 Å². The molecule has 0 saturated heterocycles. The van der Waals surface area contributed by atoms with Gasteiger partial charge in [-0.25, -0.2) is 0 Å². The molecule has 0 saturated carbocycles. The lowest BCUT2D eigenvalue weighted by atomic mass is 10.2. The van der Waals surface area contributed by atoms with Gasteiger partial charge >= 0.3 is 0 Å². The van der Waals surface area contributed by atoms with Crippen LogP contribution in [-0.2, 0) is 17.9 Å². The highest BCUT2D eigenvalue weighted by Crippen LogP contribution is 2.37. The quantitative estimate of drug-likeness (QED) is 0.472. The Morgan fingerprint density at radius 3 is 2.67 bits per heavy atom. The molecule has 0 fully saturated rings. The summed E-state index contributed by atoms with van der Waals surface area (Å²) in [7, 11) is 1.62. The molecular weight excluding hydrogens is 457 g/mol. The molecule has 0 aromatic heterocycles. The van der Waals surface area contributed by atoms with Gasteiger partial charge in [0, 0.05) is 23.7 Å². The smallest absolute Gasteiger partial charge is 0.175 e. The van der Waals surface area contributed by atoms with Crippen LogP contribution in [0.4, 0.5) is 0 Å². The molecule has 0 heterocycles. The summed E-state index contributed by atoms with van der Waals surface area (Å²) in [5.74, 6) is 1.29. The number of aliphatic hydroxyl groups excluding tert-OH is 1. The van der Waals surface area contributed by atoms with Crippen LogP contribution in [0.1, 0.15) is 11.1 Å². The van der Waals surface area contributed by atoms with Gasteiger partial charge in [-0.15, -0.1) is 12.4 Å². The fourth-order valence-corrected chi connectivity index (χ4v) is 3.12. The van der Waals surface area contributed by atoms with E-state index >= 15 is 0 Å². The van der Waals surface area contributed by atoms with Crippen molar-refractivity contribution >= 4 is 39.9 Å². The van der Waals surface area contributed by atoms with Gasteiger partial charge in [0.25, 0.3) is 0 Å². The molecule has 0 aliphatic heterocycles. The molecule has 27 heavy (non-hydrogen) atoms. The number of ether oxygens (including phenoxy) is 3. The molecule has 2 aromatic rings. The van der Waals surface area contributed by atoms with Gasteiger partial charge in [-0.2, -0.15) is 0 Å². The molecule has 8 heteroatoms. The molecule has 0 amide bonds. The van der Waals surface area contributed by atoms with Crippen LogP contribution in [0.25, 0.3) is 0 Å². The zero-order valence-corrected chi connectivity index (χ0v) is 18.2. The van der Waals surface area contributed by atoms with Crippen LogP contribution in [0.3, 0.4) is 0 Å². The Morgan fingerprint density at radius 1 is 1.19 bits per heavy atom. The highest BCUT2D eigenvalue weighted by Gasteiger charge is 2.12. The van der Waals surface area contributed by atoms with E-state index in [1.807, 2.05) is 36.4 Å². The highest BCUT2D eigenvalue weighted by molar-refractivity contribution is 9.10. The van der Waals surface area contributed by atoms with Crippen LogP contribution in [0.15, 0.2) is 40.9 Å². The molecule has 150 valence electrons. The van der Waals surface area contributed by atoms with E-state index in [1.54, 1.807) is 7.11 Å². The van der Waals surface area contributed by atoms with Crippen molar-refractivity contribution in [2.45, 2.75) is 13.2 Å². The normalized spacial score (nSPS) is 10.4. The summed E-state index contributed by atoms with van der Waals surface area (Å²) in [6, 6.07) is 11.5. The van der Waals surface area contributed by atoms with Crippen LogP contribution in [-0.4, -0.2) is 38.6 Å². The zero-order valence-electron chi connectivity index (χ0n) is 15.0. The van der Waals surface area contributed by atoms with E-state index in [4.69, 9.17) is 30.9 Å². The van der Waals surface area contributed by atoms with E-state index in [9.17, 15) is 0 Å². The first-order valence-corrected chi connectivity index (χ1v) is 9.44. The summed E-state index contributed by atoms with van der Waals surface area (Å²) < 4.78 is 17.4. The Kier molecular flexibility index (Phi) is 11.7. The Morgan fingerprint density at radius 2 is 1.96 bits per heavy atom. The summed E-state index contributed by atoms with van der Waals surface area (Å²) in [4.78, 5) is 0. The van der Waals surface area contributed by atoms with Crippen molar-refractivity contribution in [1.29, 1.82) is 0 Å². The summed E-state index contributed by atoms with van der Waals surface area (Å²) in [5, 5.41) is 12.6. The van der Waals surface area contributed by atoms with Crippen molar-refractivity contribution in [3.05, 3.63) is 57.0 Å². The molecule has 2 aromatic carbocycles. The molecule has 0 radical (unpaired) electrons. The van der Waals surface area contributed by atoms with E-state index < -0.39 is 0 Å². The molecule has 0 aliphatic carbocycles. The van der Waals surface area contributed by atoms with Gasteiger partial charge in [0.1, 0.15) is 6.61 Å². The van der Waals surface area contributed by atoms with Crippen molar-refractivity contribution in [2.75, 3.05) is 33.5 Å². The predicted molar refractivity (Wildman–Crippen MR) is 113 cm³/mol. The van der Waals surface area contributed by atoms with Gasteiger partial charge in [-0.05, 0) is 39.7 Å². The number of nitrogens with one attached hydrogen (secondary N) is 1. The van der Waals surface area contributed by atoms with Crippen LogP contribution in [0.2, 0.25) is 5.02 Å². The lowest BCUT2D eigenvalue weighted by Gasteiger charge is -2.15. The third-order valence-electron chi connectivity index (χ3n) is 3.61. The van der Waals surface area contributed by atoms with Crippen LogP contribution >= 0.6 is 39.9 Å². The van der Waals surface area contributed by atoms with E-state index in [2.05, 4.69) is 21.2 Å². The fraction of sp³-hybridized carbons (Fsp3) is 0.368. The predicted octanol–water partition coefficient (Wildman–Crippen LogP) is 4.21. The Hall–Kier alpha value is -1.02. The molecule has 2 N–H and O–H groups in total. The van der Waals surface area contributed by atoms with Gasteiger partial charge in [-0.3, -0.25) is 0 Å². The first-order valence-electron chi connectivity index (χ1n) is 8.27. The third kappa shape index (κ3) is 7.86. The van der Waals surface area contributed by atoms with Crippen molar-refractivity contribution in [1.82, 2.24) is 5.32 Å². The Balaban J connectivity index is 0.00000364. The maximum absolute atomic E-state index is 8.66. The second-order valence-electron chi connectivity index (χ2n) is 5.50. The first kappa shape index (κ1) is 24.0. The van der Waals surface area contributed by atoms with Crippen molar-refractivity contribution < 1.29 is 19.3 Å². The average molecular weight is 481 g/mol. The maximum atomic E-state index is 8.66. The highest BCUT2D eigenvalue weighted by atomic mass is 79.9. The number of aliphatic hydroxyl groups is 1. The number of halogens is 3. The first-order chi connectivity index (χ1) is 12.7. The molecule has 5 nitrogen and oxygen atoms in total. The largest absolute Gasteiger partial charge is 0.493 e. The number of hydrogen-bond donors (Lipinski definition) is 2. The fourth-order valence-electron chi connectivity index (χ4n) is 2.32. The topological polar surface area (TPSA) is 60.0 Å². The molecule has 0 aliphatic rings. The van der Waals surface area contributed by atoms with Crippen molar-refractivity contribution in [3.8, 4) is 11.5 Å². The average Bonchev–Trinajstić information content (AvgIpc) is 2.64. The standard InChI is InChI=1S/C19H23BrClNO4.ClH/c1-24-18-11-14(12-22-6-8-25-9-7-23)10-16(20)19(18)26-13-15-4-2-3-5-17(15)21;/h2-5,10-11,22-23H,6-9,12-13H2,1H3;1H. The second kappa shape index (κ2) is 13.2. The molecule has 0 atom stereocenters. The lowest BCUT2D eigenvalue weighted by molar-refractivity contribution is 0.0938. The Bertz CT molecular complexity index is 703. The van der Waals surface area contributed by atoms with E-state index in [0.29, 0.717) is 49.4 Å². The van der Waals surface area contributed by atoms with Crippen molar-refractivity contribution in [3.63, 3.8) is 0 Å². The number of hydrogen-bond acceptors (Lipinski definition) is 5. The minimum atomic E-state index is 0. The number of rotatable bonds is 11. The molecular formula is C19H24BrCl2NO4. The van der Waals surface area contributed by atoms with E-state index in [0.717, 1.165) is 15.6 Å². The van der Waals surface area contributed by atoms with Crippen LogP contribution in [0.5, 0.6) is 11.5 Å². The summed E-state index contributed by atoms with van der Waals surface area (Å²) in [6.45, 7) is 2.68. The zero-order chi connectivity index (χ0) is 18.8. The monoisotopic (exact) mass is 479 g/mol. The number of methoxy groups -OCH3 is 1. The summed E-state index contributed by atoms with van der Waals surface area (Å²) in [6.07, 6.45) is 0. The molecule has 0 bridgehead atoms. The summed E-state index contributed by atoms with van der Waals surface area (Å²) in [5.41, 5.74) is 1.97. The minimum absolute atomic E-state index is 0. The van der Waals surface area contributed by atoms with E-state index in [1.165, 1.54) is 0 Å². The third-order valence-corrected chi connectivity index (χ3v) is 4.56. The molecule has 2 rings (SSSR count). The van der Waals surface area contributed by atoms with Gasteiger partial charge in [0.05, 0.1) is 31.4 Å². The van der Waals surface area contributed by atoms with Gasteiger partial charge < -0.3 is 24.6 Å². The van der Waals surface area contributed by atoms with E-state index in [-0.39, 0.29) is 19.0 Å². The minimum Gasteiger partial charge on any atom is -0.493 e. The molecule has 0 spiro atoms. The van der Waals surface area contributed by atoms with Gasteiger partial charge in [0.15, 0.2) is 11.5 Å². The van der Waals surface area contributed by atoms with Crippen molar-refractivity contribution in [2.24, 2.45) is 0 Å². The van der Waals surface area contributed by atoms with Crippen LogP contribution < -0.4 is 14.8 Å². The maximum Gasteiger partial charge on any atom is 0.175 e.